The maximum absolute atomic E-state index is 11.9. The molecule has 2 amide bonds. The molecule has 0 atom stereocenters. The lowest BCUT2D eigenvalue weighted by atomic mass is 10.1. The Labute approximate surface area is 144 Å². The van der Waals surface area contributed by atoms with E-state index in [1.807, 2.05) is 56.3 Å². The Bertz CT molecular complexity index is 729. The third kappa shape index (κ3) is 5.53. The van der Waals surface area contributed by atoms with Crippen molar-refractivity contribution in [2.24, 2.45) is 0 Å². The first-order valence-corrected chi connectivity index (χ1v) is 8.11. The second-order valence-electron chi connectivity index (χ2n) is 5.45. The zero-order valence-corrected chi connectivity index (χ0v) is 14.7. The highest BCUT2D eigenvalue weighted by Crippen LogP contribution is 2.19. The molecule has 0 unspecified atom stereocenters. The van der Waals surface area contributed by atoms with Gasteiger partial charge in [-0.05, 0) is 43.2 Å². The maximum atomic E-state index is 11.9. The average Bonchev–Trinajstić information content (AvgIpc) is 2.48. The summed E-state index contributed by atoms with van der Waals surface area (Å²) in [4.78, 5) is 23.8. The van der Waals surface area contributed by atoms with E-state index in [0.717, 1.165) is 26.9 Å². The van der Waals surface area contributed by atoms with E-state index < -0.39 is 0 Å². The Balaban J connectivity index is 1.83. The van der Waals surface area contributed by atoms with Crippen LogP contribution < -0.4 is 10.6 Å². The van der Waals surface area contributed by atoms with Crippen molar-refractivity contribution in [3.05, 3.63) is 63.6 Å². The Kier molecular flexibility index (Phi) is 5.93. The first-order chi connectivity index (χ1) is 10.9. The summed E-state index contributed by atoms with van der Waals surface area (Å²) in [5.74, 6) is -0.411. The van der Waals surface area contributed by atoms with E-state index in [0.29, 0.717) is 0 Å². The van der Waals surface area contributed by atoms with Crippen LogP contribution in [0.1, 0.15) is 16.7 Å². The van der Waals surface area contributed by atoms with Crippen molar-refractivity contribution in [2.75, 3.05) is 11.9 Å². The van der Waals surface area contributed by atoms with Crippen LogP contribution in [-0.2, 0) is 16.0 Å². The van der Waals surface area contributed by atoms with Gasteiger partial charge in [0.05, 0.1) is 13.0 Å². The molecule has 4 nitrogen and oxygen atoms in total. The quantitative estimate of drug-likeness (QED) is 0.842. The number of aryl methyl sites for hydroxylation is 2. The molecule has 0 aliphatic rings. The minimum atomic E-state index is -0.243. The Morgan fingerprint density at radius 1 is 1.04 bits per heavy atom. The molecule has 2 aromatic rings. The first-order valence-electron chi connectivity index (χ1n) is 7.32. The zero-order chi connectivity index (χ0) is 16.8. The van der Waals surface area contributed by atoms with E-state index in [-0.39, 0.29) is 24.8 Å². The van der Waals surface area contributed by atoms with Crippen molar-refractivity contribution < 1.29 is 9.59 Å². The highest BCUT2D eigenvalue weighted by Gasteiger charge is 2.08. The Morgan fingerprint density at radius 2 is 1.83 bits per heavy atom. The number of carbonyl (C=O) groups excluding carboxylic acids is 2. The van der Waals surface area contributed by atoms with Gasteiger partial charge < -0.3 is 10.6 Å². The molecule has 0 spiro atoms. The fourth-order valence-electron chi connectivity index (χ4n) is 2.21. The van der Waals surface area contributed by atoms with Crippen molar-refractivity contribution in [3.63, 3.8) is 0 Å². The van der Waals surface area contributed by atoms with Gasteiger partial charge >= 0.3 is 0 Å². The summed E-state index contributed by atoms with van der Waals surface area (Å²) in [5, 5.41) is 5.43. The number of halogens is 1. The molecule has 2 aromatic carbocycles. The minimum Gasteiger partial charge on any atom is -0.347 e. The van der Waals surface area contributed by atoms with E-state index >= 15 is 0 Å². The summed E-state index contributed by atoms with van der Waals surface area (Å²) in [7, 11) is 0. The highest BCUT2D eigenvalue weighted by atomic mass is 79.9. The average molecular weight is 375 g/mol. The SMILES string of the molecule is Cc1cccc(CC(=O)NCC(=O)Nc2ccc(Br)cc2C)c1. The summed E-state index contributed by atoms with van der Waals surface area (Å²) in [6, 6.07) is 13.4. The van der Waals surface area contributed by atoms with E-state index in [9.17, 15) is 9.59 Å². The van der Waals surface area contributed by atoms with Gasteiger partial charge in [-0.15, -0.1) is 0 Å². The fraction of sp³-hybridized carbons (Fsp3) is 0.222. The Hall–Kier alpha value is -2.14. The smallest absolute Gasteiger partial charge is 0.243 e. The van der Waals surface area contributed by atoms with Crippen LogP contribution in [0.4, 0.5) is 5.69 Å². The van der Waals surface area contributed by atoms with E-state index in [2.05, 4.69) is 26.6 Å². The molecule has 2 N–H and O–H groups in total. The second kappa shape index (κ2) is 7.92. The van der Waals surface area contributed by atoms with E-state index in [4.69, 9.17) is 0 Å². The van der Waals surface area contributed by atoms with Gasteiger partial charge in [0.25, 0.3) is 0 Å². The molecule has 0 fully saturated rings. The van der Waals surface area contributed by atoms with Gasteiger partial charge in [-0.2, -0.15) is 0 Å². The van der Waals surface area contributed by atoms with Gasteiger partial charge in [0.15, 0.2) is 0 Å². The summed E-state index contributed by atoms with van der Waals surface area (Å²) >= 11 is 3.38. The van der Waals surface area contributed by atoms with Crippen molar-refractivity contribution >= 4 is 33.4 Å². The fourth-order valence-corrected chi connectivity index (χ4v) is 2.69. The molecule has 5 heteroatoms. The molecule has 0 aromatic heterocycles. The van der Waals surface area contributed by atoms with Crippen LogP contribution in [0.3, 0.4) is 0 Å². The summed E-state index contributed by atoms with van der Waals surface area (Å²) < 4.78 is 0.958. The normalized spacial score (nSPS) is 10.2. The van der Waals surface area contributed by atoms with Crippen LogP contribution in [0.5, 0.6) is 0 Å². The molecule has 0 saturated carbocycles. The van der Waals surface area contributed by atoms with Crippen LogP contribution in [0, 0.1) is 13.8 Å². The number of anilines is 1. The van der Waals surface area contributed by atoms with Gasteiger partial charge in [0.1, 0.15) is 0 Å². The number of rotatable bonds is 5. The molecule has 120 valence electrons. The summed E-state index contributed by atoms with van der Waals surface area (Å²) in [5.41, 5.74) is 3.75. The van der Waals surface area contributed by atoms with Crippen LogP contribution in [0.25, 0.3) is 0 Å². The highest BCUT2D eigenvalue weighted by molar-refractivity contribution is 9.10. The van der Waals surface area contributed by atoms with Crippen LogP contribution >= 0.6 is 15.9 Å². The molecule has 0 bridgehead atoms. The largest absolute Gasteiger partial charge is 0.347 e. The van der Waals surface area contributed by atoms with Crippen LogP contribution in [0.2, 0.25) is 0 Å². The van der Waals surface area contributed by atoms with Crippen LogP contribution in [0.15, 0.2) is 46.9 Å². The molecule has 23 heavy (non-hydrogen) atoms. The minimum absolute atomic E-state index is 0.0415. The zero-order valence-electron chi connectivity index (χ0n) is 13.2. The van der Waals surface area contributed by atoms with Crippen molar-refractivity contribution in [1.29, 1.82) is 0 Å². The molecular weight excluding hydrogens is 356 g/mol. The molecule has 0 radical (unpaired) electrons. The molecular formula is C18H19BrN2O2. The van der Waals surface area contributed by atoms with Crippen LogP contribution in [-0.4, -0.2) is 18.4 Å². The van der Waals surface area contributed by atoms with Crippen molar-refractivity contribution in [3.8, 4) is 0 Å². The third-order valence-corrected chi connectivity index (χ3v) is 3.85. The molecule has 0 aliphatic heterocycles. The topological polar surface area (TPSA) is 58.2 Å². The van der Waals surface area contributed by atoms with Gasteiger partial charge in [-0.1, -0.05) is 45.8 Å². The number of hydrogen-bond donors (Lipinski definition) is 2. The standard InChI is InChI=1S/C18H19BrN2O2/c1-12-4-3-5-14(8-12)10-17(22)20-11-18(23)21-16-7-6-15(19)9-13(16)2/h3-9H,10-11H2,1-2H3,(H,20,22)(H,21,23). The lowest BCUT2D eigenvalue weighted by Crippen LogP contribution is -2.33. The Morgan fingerprint density at radius 3 is 2.52 bits per heavy atom. The summed E-state index contributed by atoms with van der Waals surface area (Å²) in [6.07, 6.45) is 0.270. The number of amides is 2. The van der Waals surface area contributed by atoms with E-state index in [1.165, 1.54) is 0 Å². The predicted octanol–water partition coefficient (Wildman–Crippen LogP) is 3.36. The molecule has 0 heterocycles. The first kappa shape index (κ1) is 17.2. The maximum Gasteiger partial charge on any atom is 0.243 e. The second-order valence-corrected chi connectivity index (χ2v) is 6.37. The van der Waals surface area contributed by atoms with Crippen molar-refractivity contribution in [1.82, 2.24) is 5.32 Å². The van der Waals surface area contributed by atoms with Gasteiger partial charge in [-0.3, -0.25) is 9.59 Å². The predicted molar refractivity (Wildman–Crippen MR) is 95.4 cm³/mol. The number of benzene rings is 2. The molecule has 0 aliphatic carbocycles. The van der Waals surface area contributed by atoms with Crippen molar-refractivity contribution in [2.45, 2.75) is 20.3 Å². The summed E-state index contributed by atoms with van der Waals surface area (Å²) in [6.45, 7) is 3.85. The number of carbonyl (C=O) groups is 2. The van der Waals surface area contributed by atoms with E-state index in [1.54, 1.807) is 0 Å². The lowest BCUT2D eigenvalue weighted by molar-refractivity contribution is -0.123. The number of hydrogen-bond acceptors (Lipinski definition) is 2. The monoisotopic (exact) mass is 374 g/mol. The van der Waals surface area contributed by atoms with Gasteiger partial charge in [0, 0.05) is 10.2 Å². The van der Waals surface area contributed by atoms with Gasteiger partial charge in [-0.25, -0.2) is 0 Å². The lowest BCUT2D eigenvalue weighted by Gasteiger charge is -2.10. The molecule has 2 rings (SSSR count). The molecule has 0 saturated heterocycles. The number of nitrogens with one attached hydrogen (secondary N) is 2. The van der Waals surface area contributed by atoms with Gasteiger partial charge in [0.2, 0.25) is 11.8 Å². The third-order valence-electron chi connectivity index (χ3n) is 3.36.